The molecule has 1 rings (SSSR count). The van der Waals surface area contributed by atoms with Crippen molar-refractivity contribution in [3.05, 3.63) is 0 Å². The zero-order valence-electron chi connectivity index (χ0n) is 12.6. The lowest BCUT2D eigenvalue weighted by Gasteiger charge is -2.39. The van der Waals surface area contributed by atoms with Crippen LogP contribution in [0, 0.1) is 0 Å². The molecule has 2 N–H and O–H groups in total. The van der Waals surface area contributed by atoms with Crippen LogP contribution < -0.4 is 5.32 Å². The molecular weight excluding hydrogens is 260 g/mol. The van der Waals surface area contributed by atoms with Gasteiger partial charge in [0.05, 0.1) is 24.6 Å². The highest BCUT2D eigenvalue weighted by Crippen LogP contribution is 2.31. The fourth-order valence-corrected chi connectivity index (χ4v) is 2.73. The second-order valence-corrected chi connectivity index (χ2v) is 5.76. The predicted molar refractivity (Wildman–Crippen MR) is 75.7 cm³/mol. The Morgan fingerprint density at radius 3 is 2.45 bits per heavy atom. The SMILES string of the molecule is COCC(C)N(C)C(=O)NC1(CC(=O)O)CCCCC1. The van der Waals surface area contributed by atoms with E-state index in [1.54, 1.807) is 19.1 Å². The molecule has 0 radical (unpaired) electrons. The monoisotopic (exact) mass is 286 g/mol. The molecule has 6 nitrogen and oxygen atoms in total. The normalized spacial score (nSPS) is 19.1. The lowest BCUT2D eigenvalue weighted by atomic mass is 9.79. The van der Waals surface area contributed by atoms with Gasteiger partial charge < -0.3 is 20.1 Å². The number of ether oxygens (including phenoxy) is 1. The standard InChI is InChI=1S/C14H26N2O4/c1-11(10-20-3)16(2)13(19)15-14(9-12(17)18)7-5-4-6-8-14/h11H,4-10H2,1-3H3,(H,15,19)(H,17,18). The van der Waals surface area contributed by atoms with Crippen LogP contribution in [0.5, 0.6) is 0 Å². The number of amides is 2. The maximum Gasteiger partial charge on any atom is 0.317 e. The number of likely N-dealkylation sites (N-methyl/N-ethyl adjacent to an activating group) is 1. The van der Waals surface area contributed by atoms with Crippen molar-refractivity contribution in [3.8, 4) is 0 Å². The van der Waals surface area contributed by atoms with E-state index in [4.69, 9.17) is 9.84 Å². The lowest BCUT2D eigenvalue weighted by Crippen LogP contribution is -2.56. The van der Waals surface area contributed by atoms with Gasteiger partial charge in [-0.1, -0.05) is 19.3 Å². The Morgan fingerprint density at radius 1 is 1.35 bits per heavy atom. The summed E-state index contributed by atoms with van der Waals surface area (Å²) in [7, 11) is 3.30. The van der Waals surface area contributed by atoms with Crippen LogP contribution in [-0.4, -0.2) is 54.4 Å². The highest BCUT2D eigenvalue weighted by Gasteiger charge is 2.36. The average molecular weight is 286 g/mol. The van der Waals surface area contributed by atoms with Crippen LogP contribution in [0.4, 0.5) is 4.79 Å². The van der Waals surface area contributed by atoms with Crippen molar-refractivity contribution in [1.29, 1.82) is 0 Å². The minimum Gasteiger partial charge on any atom is -0.481 e. The molecule has 6 heteroatoms. The van der Waals surface area contributed by atoms with Gasteiger partial charge in [0.2, 0.25) is 0 Å². The van der Waals surface area contributed by atoms with Crippen molar-refractivity contribution < 1.29 is 19.4 Å². The molecule has 20 heavy (non-hydrogen) atoms. The van der Waals surface area contributed by atoms with Gasteiger partial charge in [-0.3, -0.25) is 4.79 Å². The molecule has 1 saturated carbocycles. The number of hydrogen-bond acceptors (Lipinski definition) is 3. The van der Waals surface area contributed by atoms with Crippen LogP contribution in [0.3, 0.4) is 0 Å². The van der Waals surface area contributed by atoms with E-state index in [1.807, 2.05) is 6.92 Å². The number of carbonyl (C=O) groups excluding carboxylic acids is 1. The van der Waals surface area contributed by atoms with Gasteiger partial charge in [-0.15, -0.1) is 0 Å². The molecule has 0 aromatic heterocycles. The van der Waals surface area contributed by atoms with Crippen molar-refractivity contribution in [3.63, 3.8) is 0 Å². The number of carboxylic acid groups (broad SMARTS) is 1. The second kappa shape index (κ2) is 7.47. The first-order chi connectivity index (χ1) is 9.40. The summed E-state index contributed by atoms with van der Waals surface area (Å²) in [5.74, 6) is -0.861. The van der Waals surface area contributed by atoms with Crippen molar-refractivity contribution in [2.45, 2.75) is 57.0 Å². The minimum atomic E-state index is -0.861. The third-order valence-corrected chi connectivity index (χ3v) is 4.06. The van der Waals surface area contributed by atoms with E-state index in [1.165, 1.54) is 0 Å². The number of carbonyl (C=O) groups is 2. The van der Waals surface area contributed by atoms with Gasteiger partial charge in [0.15, 0.2) is 0 Å². The van der Waals surface area contributed by atoms with Gasteiger partial charge in [-0.25, -0.2) is 4.79 Å². The number of urea groups is 1. The van der Waals surface area contributed by atoms with Crippen LogP contribution >= 0.6 is 0 Å². The molecule has 1 atom stereocenters. The Labute approximate surface area is 120 Å². The van der Waals surface area contributed by atoms with Gasteiger partial charge >= 0.3 is 12.0 Å². The Bertz CT molecular complexity index is 340. The third-order valence-electron chi connectivity index (χ3n) is 4.06. The van der Waals surface area contributed by atoms with Crippen molar-refractivity contribution in [1.82, 2.24) is 10.2 Å². The van der Waals surface area contributed by atoms with Gasteiger partial charge in [0, 0.05) is 14.2 Å². The summed E-state index contributed by atoms with van der Waals surface area (Å²) in [6, 6.07) is -0.275. The second-order valence-electron chi connectivity index (χ2n) is 5.76. The number of hydrogen-bond donors (Lipinski definition) is 2. The summed E-state index contributed by atoms with van der Waals surface area (Å²) in [6.45, 7) is 2.35. The van der Waals surface area contributed by atoms with E-state index in [0.717, 1.165) is 32.1 Å². The molecule has 2 amide bonds. The number of methoxy groups -OCH3 is 1. The zero-order valence-corrected chi connectivity index (χ0v) is 12.6. The molecule has 0 aliphatic heterocycles. The van der Waals surface area contributed by atoms with Crippen molar-refractivity contribution >= 4 is 12.0 Å². The van der Waals surface area contributed by atoms with Crippen LogP contribution in [0.1, 0.15) is 45.4 Å². The van der Waals surface area contributed by atoms with E-state index < -0.39 is 11.5 Å². The lowest BCUT2D eigenvalue weighted by molar-refractivity contribution is -0.139. The molecule has 1 unspecified atom stereocenters. The smallest absolute Gasteiger partial charge is 0.317 e. The summed E-state index contributed by atoms with van der Waals surface area (Å²) in [5.41, 5.74) is -0.595. The molecular formula is C14H26N2O4. The van der Waals surface area contributed by atoms with E-state index >= 15 is 0 Å². The highest BCUT2D eigenvalue weighted by atomic mass is 16.5. The van der Waals surface area contributed by atoms with Crippen LogP contribution in [-0.2, 0) is 9.53 Å². The van der Waals surface area contributed by atoms with E-state index in [2.05, 4.69) is 5.32 Å². The molecule has 0 saturated heterocycles. The highest BCUT2D eigenvalue weighted by molar-refractivity contribution is 5.77. The molecule has 0 heterocycles. The average Bonchev–Trinajstić information content (AvgIpc) is 2.37. The number of carboxylic acids is 1. The molecule has 1 aliphatic carbocycles. The summed E-state index contributed by atoms with van der Waals surface area (Å²) in [4.78, 5) is 24.9. The maximum atomic E-state index is 12.3. The number of nitrogens with zero attached hydrogens (tertiary/aromatic N) is 1. The molecule has 116 valence electrons. The summed E-state index contributed by atoms with van der Waals surface area (Å²) in [6.07, 6.45) is 4.49. The molecule has 0 aromatic carbocycles. The molecule has 0 bridgehead atoms. The first kappa shape index (κ1) is 16.8. The largest absolute Gasteiger partial charge is 0.481 e. The Balaban J connectivity index is 2.69. The Morgan fingerprint density at radius 2 is 1.95 bits per heavy atom. The summed E-state index contributed by atoms with van der Waals surface area (Å²) in [5, 5.41) is 12.0. The number of rotatable bonds is 6. The van der Waals surface area contributed by atoms with E-state index in [-0.39, 0.29) is 18.5 Å². The Hall–Kier alpha value is -1.30. The van der Waals surface area contributed by atoms with Gasteiger partial charge in [0.1, 0.15) is 0 Å². The van der Waals surface area contributed by atoms with Crippen molar-refractivity contribution in [2.24, 2.45) is 0 Å². The van der Waals surface area contributed by atoms with E-state index in [9.17, 15) is 9.59 Å². The number of nitrogens with one attached hydrogen (secondary N) is 1. The predicted octanol–water partition coefficient (Wildman–Crippen LogP) is 1.84. The van der Waals surface area contributed by atoms with Crippen LogP contribution in [0.2, 0.25) is 0 Å². The molecule has 0 spiro atoms. The van der Waals surface area contributed by atoms with Crippen LogP contribution in [0.15, 0.2) is 0 Å². The third kappa shape index (κ3) is 4.67. The molecule has 1 fully saturated rings. The summed E-state index contributed by atoms with van der Waals surface area (Å²) >= 11 is 0. The minimum absolute atomic E-state index is 0.00869. The van der Waals surface area contributed by atoms with Crippen molar-refractivity contribution in [2.75, 3.05) is 20.8 Å². The fraction of sp³-hybridized carbons (Fsp3) is 0.857. The molecule has 1 aliphatic rings. The quantitative estimate of drug-likeness (QED) is 0.781. The Kier molecular flexibility index (Phi) is 6.26. The van der Waals surface area contributed by atoms with Crippen LogP contribution in [0.25, 0.3) is 0 Å². The zero-order chi connectivity index (χ0) is 15.2. The van der Waals surface area contributed by atoms with Gasteiger partial charge in [0.25, 0.3) is 0 Å². The summed E-state index contributed by atoms with van der Waals surface area (Å²) < 4.78 is 5.04. The number of aliphatic carboxylic acids is 1. The first-order valence-electron chi connectivity index (χ1n) is 7.16. The van der Waals surface area contributed by atoms with Gasteiger partial charge in [-0.2, -0.15) is 0 Å². The fourth-order valence-electron chi connectivity index (χ4n) is 2.73. The molecule has 0 aromatic rings. The topological polar surface area (TPSA) is 78.9 Å². The van der Waals surface area contributed by atoms with E-state index in [0.29, 0.717) is 6.61 Å². The first-order valence-corrected chi connectivity index (χ1v) is 7.16. The maximum absolute atomic E-state index is 12.3. The van der Waals surface area contributed by atoms with Gasteiger partial charge in [-0.05, 0) is 19.8 Å².